The van der Waals surface area contributed by atoms with E-state index in [2.05, 4.69) is 48.3 Å². The Morgan fingerprint density at radius 1 is 1.39 bits per heavy atom. The molecule has 1 saturated heterocycles. The quantitative estimate of drug-likeness (QED) is 0.749. The number of fused-ring (bicyclic) bond motifs is 2. The third kappa shape index (κ3) is 1.33. The number of hydrogen-bond acceptors (Lipinski definition) is 1. The van der Waals surface area contributed by atoms with E-state index in [9.17, 15) is 0 Å². The van der Waals surface area contributed by atoms with Crippen molar-refractivity contribution >= 4 is 10.9 Å². The minimum absolute atomic E-state index is 0.562. The Morgan fingerprint density at radius 2 is 2.28 bits per heavy atom. The Kier molecular flexibility index (Phi) is 2.13. The molecule has 18 heavy (non-hydrogen) atoms. The number of H-pyrrole nitrogens is 1. The van der Waals surface area contributed by atoms with Crippen molar-refractivity contribution in [2.45, 2.75) is 24.8 Å². The lowest BCUT2D eigenvalue weighted by Gasteiger charge is -2.44. The van der Waals surface area contributed by atoms with E-state index in [-0.39, 0.29) is 0 Å². The predicted octanol–water partition coefficient (Wildman–Crippen LogP) is 2.96. The van der Waals surface area contributed by atoms with Gasteiger partial charge in [0.05, 0.1) is 0 Å². The number of benzene rings is 1. The summed E-state index contributed by atoms with van der Waals surface area (Å²) in [7, 11) is 2.26. The van der Waals surface area contributed by atoms with Crippen LogP contribution in [0.3, 0.4) is 0 Å². The first kappa shape index (κ1) is 10.6. The van der Waals surface area contributed by atoms with Crippen molar-refractivity contribution in [2.75, 3.05) is 13.6 Å². The number of nitrogens with zero attached hydrogens (tertiary/aromatic N) is 1. The molecule has 1 fully saturated rings. The van der Waals surface area contributed by atoms with Crippen LogP contribution < -0.4 is 0 Å². The van der Waals surface area contributed by atoms with E-state index in [0.29, 0.717) is 17.9 Å². The van der Waals surface area contributed by atoms with Crippen molar-refractivity contribution in [3.63, 3.8) is 0 Å². The van der Waals surface area contributed by atoms with E-state index in [1.165, 1.54) is 29.3 Å². The molecule has 0 saturated carbocycles. The molecular weight excluding hydrogens is 220 g/mol. The molecule has 0 unspecified atom stereocenters. The average molecular weight is 239 g/mol. The summed E-state index contributed by atoms with van der Waals surface area (Å²) in [6.07, 6.45) is 4.62. The Hall–Kier alpha value is -1.28. The fraction of sp³-hybridized carbons (Fsp3) is 0.438. The topological polar surface area (TPSA) is 19.0 Å². The molecule has 2 aromatic rings. The Morgan fingerprint density at radius 3 is 3.17 bits per heavy atom. The van der Waals surface area contributed by atoms with Gasteiger partial charge in [0.1, 0.15) is 0 Å². The molecule has 3 atom stereocenters. The predicted molar refractivity (Wildman–Crippen MR) is 74.6 cm³/mol. The average Bonchev–Trinajstić information content (AvgIpc) is 2.76. The largest absolute Gasteiger partial charge is 0.361 e. The molecule has 1 aliphatic heterocycles. The number of hydrogen-bond donors (Lipinski definition) is 1. The van der Waals surface area contributed by atoms with Crippen LogP contribution in [0.4, 0.5) is 0 Å². The summed E-state index contributed by atoms with van der Waals surface area (Å²) < 4.78 is 0. The first-order valence-electron chi connectivity index (χ1n) is 6.86. The highest BCUT2D eigenvalue weighted by Gasteiger charge is 2.37. The standard InChI is InChI=1S/C16H19N2/c1-10-6-13-12-4-3-5-14-16(12)11(8-17-14)7-15(13)18(2)9-10/h3-5,8,10,13,15,17H,1,6-7,9H2,2H3/t10-,13-,15-/m1/s1. The van der Waals surface area contributed by atoms with Crippen LogP contribution in [-0.4, -0.2) is 29.5 Å². The highest BCUT2D eigenvalue weighted by molar-refractivity contribution is 5.88. The lowest BCUT2D eigenvalue weighted by Crippen LogP contribution is -2.47. The maximum atomic E-state index is 4.30. The van der Waals surface area contributed by atoms with Gasteiger partial charge < -0.3 is 9.88 Å². The van der Waals surface area contributed by atoms with Crippen molar-refractivity contribution < 1.29 is 0 Å². The van der Waals surface area contributed by atoms with E-state index < -0.39 is 0 Å². The van der Waals surface area contributed by atoms with Gasteiger partial charge in [0.25, 0.3) is 0 Å². The van der Waals surface area contributed by atoms with Gasteiger partial charge in [-0.1, -0.05) is 12.1 Å². The van der Waals surface area contributed by atoms with E-state index in [0.717, 1.165) is 6.54 Å². The molecule has 2 nitrogen and oxygen atoms in total. The summed E-state index contributed by atoms with van der Waals surface area (Å²) in [5, 5.41) is 1.49. The molecule has 1 N–H and O–H groups in total. The SMILES string of the molecule is [CH2][C@@H]1C[C@@H]2c3cccc4[nH]cc(c34)C[C@H]2N(C)C1. The van der Waals surface area contributed by atoms with Gasteiger partial charge in [-0.15, -0.1) is 0 Å². The first-order chi connectivity index (χ1) is 8.74. The first-order valence-corrected chi connectivity index (χ1v) is 6.86. The fourth-order valence-corrected chi connectivity index (χ4v) is 4.05. The Labute approximate surface area is 108 Å². The highest BCUT2D eigenvalue weighted by Crippen LogP contribution is 2.43. The van der Waals surface area contributed by atoms with Gasteiger partial charge in [-0.05, 0) is 49.9 Å². The molecule has 93 valence electrons. The molecule has 1 aliphatic carbocycles. The second-order valence-corrected chi connectivity index (χ2v) is 6.00. The summed E-state index contributed by atoms with van der Waals surface area (Å²) in [5.41, 5.74) is 4.34. The van der Waals surface area contributed by atoms with Crippen LogP contribution in [0.1, 0.15) is 23.5 Å². The van der Waals surface area contributed by atoms with Crippen molar-refractivity contribution in [1.82, 2.24) is 9.88 Å². The molecule has 1 aromatic heterocycles. The molecule has 0 spiro atoms. The molecular formula is C16H19N2. The number of likely N-dealkylation sites (tertiary alicyclic amines) is 1. The summed E-state index contributed by atoms with van der Waals surface area (Å²) in [6, 6.07) is 7.36. The summed E-state index contributed by atoms with van der Waals surface area (Å²) in [6.45, 7) is 5.43. The molecule has 1 radical (unpaired) electrons. The van der Waals surface area contributed by atoms with Crippen molar-refractivity contribution in [3.8, 4) is 0 Å². The fourth-order valence-electron chi connectivity index (χ4n) is 4.05. The minimum Gasteiger partial charge on any atom is -0.361 e. The van der Waals surface area contributed by atoms with Gasteiger partial charge in [-0.25, -0.2) is 0 Å². The van der Waals surface area contributed by atoms with Crippen LogP contribution in [0.25, 0.3) is 10.9 Å². The molecule has 1 aromatic carbocycles. The second-order valence-electron chi connectivity index (χ2n) is 6.00. The third-order valence-corrected chi connectivity index (χ3v) is 4.81. The number of rotatable bonds is 0. The van der Waals surface area contributed by atoms with Gasteiger partial charge in [-0.3, -0.25) is 0 Å². The van der Waals surface area contributed by atoms with E-state index in [1.807, 2.05) is 0 Å². The van der Waals surface area contributed by atoms with Gasteiger partial charge in [0.2, 0.25) is 0 Å². The number of piperidine rings is 1. The zero-order chi connectivity index (χ0) is 12.3. The summed E-state index contributed by atoms with van der Waals surface area (Å²) >= 11 is 0. The number of aromatic amines is 1. The maximum absolute atomic E-state index is 4.30. The third-order valence-electron chi connectivity index (χ3n) is 4.81. The van der Waals surface area contributed by atoms with E-state index in [4.69, 9.17) is 0 Å². The molecule has 0 bridgehead atoms. The zero-order valence-electron chi connectivity index (χ0n) is 10.8. The number of likely N-dealkylation sites (N-methyl/N-ethyl adjacent to an activating group) is 1. The number of aromatic nitrogens is 1. The van der Waals surface area contributed by atoms with Gasteiger partial charge >= 0.3 is 0 Å². The lowest BCUT2D eigenvalue weighted by atomic mass is 9.73. The van der Waals surface area contributed by atoms with Crippen molar-refractivity contribution in [2.24, 2.45) is 5.92 Å². The highest BCUT2D eigenvalue weighted by atomic mass is 15.1. The smallest absolute Gasteiger partial charge is 0.0459 e. The van der Waals surface area contributed by atoms with Gasteiger partial charge in [0.15, 0.2) is 0 Å². The van der Waals surface area contributed by atoms with Crippen LogP contribution in [0, 0.1) is 12.8 Å². The van der Waals surface area contributed by atoms with Crippen LogP contribution in [-0.2, 0) is 6.42 Å². The normalized spacial score (nSPS) is 31.6. The van der Waals surface area contributed by atoms with Crippen molar-refractivity contribution in [1.29, 1.82) is 0 Å². The summed E-state index contributed by atoms with van der Waals surface area (Å²) in [4.78, 5) is 5.94. The van der Waals surface area contributed by atoms with Crippen LogP contribution in [0.15, 0.2) is 24.4 Å². The van der Waals surface area contributed by atoms with Crippen LogP contribution in [0.2, 0.25) is 0 Å². The monoisotopic (exact) mass is 239 g/mol. The van der Waals surface area contributed by atoms with Crippen molar-refractivity contribution in [3.05, 3.63) is 42.4 Å². The van der Waals surface area contributed by atoms with E-state index >= 15 is 0 Å². The van der Waals surface area contributed by atoms with Crippen LogP contribution in [0.5, 0.6) is 0 Å². The Bertz CT molecular complexity index is 598. The Balaban J connectivity index is 1.92. The zero-order valence-corrected chi connectivity index (χ0v) is 10.8. The molecule has 0 amide bonds. The van der Waals surface area contributed by atoms with E-state index in [1.54, 1.807) is 5.56 Å². The molecule has 4 rings (SSSR count). The minimum atomic E-state index is 0.562. The van der Waals surface area contributed by atoms with Gasteiger partial charge in [-0.2, -0.15) is 0 Å². The molecule has 2 aliphatic rings. The second kappa shape index (κ2) is 3.61. The molecule has 2 heteroatoms. The summed E-state index contributed by atoms with van der Waals surface area (Å²) in [5.74, 6) is 1.23. The molecule has 2 heterocycles. The maximum Gasteiger partial charge on any atom is 0.0459 e. The van der Waals surface area contributed by atoms with Gasteiger partial charge in [0, 0.05) is 35.6 Å². The number of nitrogens with one attached hydrogen (secondary N) is 1. The van der Waals surface area contributed by atoms with Crippen LogP contribution >= 0.6 is 0 Å². The lowest BCUT2D eigenvalue weighted by molar-refractivity contribution is 0.129.